The fraction of sp³-hybridized carbons (Fsp3) is 0.875. The first-order chi connectivity index (χ1) is 5.16. The van der Waals surface area contributed by atoms with Crippen LogP contribution in [-0.4, -0.2) is 25.3 Å². The van der Waals surface area contributed by atoms with Gasteiger partial charge in [0.05, 0.1) is 18.8 Å². The Bertz CT molecular complexity index is 102. The standard InChI is InChI=1S/C8H16O3/c1-7(2)11-8(3)4-5-10-6-9/h6-8H,4-5H2,1-3H3. The average molecular weight is 160 g/mol. The van der Waals surface area contributed by atoms with Gasteiger partial charge in [0.25, 0.3) is 6.47 Å². The van der Waals surface area contributed by atoms with E-state index in [-0.39, 0.29) is 12.2 Å². The van der Waals surface area contributed by atoms with Crippen LogP contribution in [0.5, 0.6) is 0 Å². The highest BCUT2D eigenvalue weighted by Crippen LogP contribution is 2.01. The van der Waals surface area contributed by atoms with Crippen molar-refractivity contribution >= 4 is 6.47 Å². The summed E-state index contributed by atoms with van der Waals surface area (Å²) in [5.41, 5.74) is 0. The molecule has 1 atom stereocenters. The maximum Gasteiger partial charge on any atom is 0.293 e. The minimum Gasteiger partial charge on any atom is -0.468 e. The van der Waals surface area contributed by atoms with Gasteiger partial charge in [0.2, 0.25) is 0 Å². The van der Waals surface area contributed by atoms with Crippen LogP contribution in [0, 0.1) is 0 Å². The fourth-order valence-electron chi connectivity index (χ4n) is 0.815. The van der Waals surface area contributed by atoms with Crippen molar-refractivity contribution < 1.29 is 14.3 Å². The number of carbonyl (C=O) groups is 1. The van der Waals surface area contributed by atoms with E-state index in [9.17, 15) is 4.79 Å². The fourth-order valence-corrected chi connectivity index (χ4v) is 0.815. The van der Waals surface area contributed by atoms with E-state index in [2.05, 4.69) is 4.74 Å². The lowest BCUT2D eigenvalue weighted by Gasteiger charge is -2.14. The van der Waals surface area contributed by atoms with E-state index < -0.39 is 0 Å². The van der Waals surface area contributed by atoms with E-state index in [1.54, 1.807) is 0 Å². The highest BCUT2D eigenvalue weighted by Gasteiger charge is 2.03. The minimum atomic E-state index is 0.162. The Labute approximate surface area is 67.7 Å². The molecule has 0 aliphatic heterocycles. The summed E-state index contributed by atoms with van der Waals surface area (Å²) in [5.74, 6) is 0. The van der Waals surface area contributed by atoms with Crippen molar-refractivity contribution in [3.63, 3.8) is 0 Å². The summed E-state index contributed by atoms with van der Waals surface area (Å²) < 4.78 is 9.93. The molecule has 0 aliphatic carbocycles. The van der Waals surface area contributed by atoms with Gasteiger partial charge < -0.3 is 9.47 Å². The van der Waals surface area contributed by atoms with Crippen LogP contribution < -0.4 is 0 Å². The molecule has 0 heterocycles. The molecule has 0 N–H and O–H groups in total. The molecular weight excluding hydrogens is 144 g/mol. The summed E-state index contributed by atoms with van der Waals surface area (Å²) in [6, 6.07) is 0. The first-order valence-electron chi connectivity index (χ1n) is 3.87. The van der Waals surface area contributed by atoms with Gasteiger partial charge in [0.15, 0.2) is 0 Å². The number of hydrogen-bond donors (Lipinski definition) is 0. The van der Waals surface area contributed by atoms with E-state index in [0.29, 0.717) is 13.1 Å². The molecule has 0 radical (unpaired) electrons. The van der Waals surface area contributed by atoms with Gasteiger partial charge in [-0.3, -0.25) is 4.79 Å². The van der Waals surface area contributed by atoms with Crippen molar-refractivity contribution in [3.8, 4) is 0 Å². The van der Waals surface area contributed by atoms with Crippen molar-refractivity contribution in [3.05, 3.63) is 0 Å². The third-order valence-corrected chi connectivity index (χ3v) is 1.21. The van der Waals surface area contributed by atoms with Gasteiger partial charge in [0, 0.05) is 6.42 Å². The molecule has 0 aromatic rings. The van der Waals surface area contributed by atoms with Crippen LogP contribution in [0.2, 0.25) is 0 Å². The lowest BCUT2D eigenvalue weighted by molar-refractivity contribution is -0.129. The highest BCUT2D eigenvalue weighted by molar-refractivity contribution is 5.36. The largest absolute Gasteiger partial charge is 0.468 e. The van der Waals surface area contributed by atoms with Crippen LogP contribution in [0.1, 0.15) is 27.2 Å². The molecule has 0 aromatic heterocycles. The predicted molar refractivity (Wildman–Crippen MR) is 42.3 cm³/mol. The number of rotatable bonds is 6. The van der Waals surface area contributed by atoms with Crippen LogP contribution in [0.15, 0.2) is 0 Å². The van der Waals surface area contributed by atoms with Crippen LogP contribution in [0.25, 0.3) is 0 Å². The number of carbonyl (C=O) groups excluding carboxylic acids is 1. The summed E-state index contributed by atoms with van der Waals surface area (Å²) in [4.78, 5) is 9.75. The summed E-state index contributed by atoms with van der Waals surface area (Å²) in [6.07, 6.45) is 1.16. The molecule has 0 spiro atoms. The Morgan fingerprint density at radius 2 is 2.00 bits per heavy atom. The van der Waals surface area contributed by atoms with Crippen molar-refractivity contribution in [2.75, 3.05) is 6.61 Å². The van der Waals surface area contributed by atoms with Crippen LogP contribution in [-0.2, 0) is 14.3 Å². The molecular formula is C8H16O3. The Morgan fingerprint density at radius 3 is 2.45 bits per heavy atom. The van der Waals surface area contributed by atoms with Gasteiger partial charge in [0.1, 0.15) is 0 Å². The maximum atomic E-state index is 9.75. The summed E-state index contributed by atoms with van der Waals surface area (Å²) in [6.45, 7) is 6.84. The molecule has 1 unspecified atom stereocenters. The molecule has 0 rings (SSSR count). The van der Waals surface area contributed by atoms with Gasteiger partial charge in [-0.2, -0.15) is 0 Å². The quantitative estimate of drug-likeness (QED) is 0.435. The van der Waals surface area contributed by atoms with Crippen molar-refractivity contribution in [1.29, 1.82) is 0 Å². The second-order valence-electron chi connectivity index (χ2n) is 2.75. The first kappa shape index (κ1) is 10.4. The Kier molecular flexibility index (Phi) is 5.84. The Morgan fingerprint density at radius 1 is 1.36 bits per heavy atom. The first-order valence-corrected chi connectivity index (χ1v) is 3.87. The smallest absolute Gasteiger partial charge is 0.293 e. The molecule has 3 heteroatoms. The number of hydrogen-bond acceptors (Lipinski definition) is 3. The molecule has 0 bridgehead atoms. The van der Waals surface area contributed by atoms with Crippen LogP contribution in [0.4, 0.5) is 0 Å². The molecule has 0 saturated heterocycles. The third-order valence-electron chi connectivity index (χ3n) is 1.21. The normalized spacial score (nSPS) is 13.1. The molecule has 11 heavy (non-hydrogen) atoms. The second-order valence-corrected chi connectivity index (χ2v) is 2.75. The zero-order chi connectivity index (χ0) is 8.69. The van der Waals surface area contributed by atoms with Gasteiger partial charge in [-0.1, -0.05) is 0 Å². The molecule has 0 aromatic carbocycles. The molecule has 0 aliphatic rings. The highest BCUT2D eigenvalue weighted by atomic mass is 16.5. The average Bonchev–Trinajstić information content (AvgIpc) is 1.86. The molecule has 0 fully saturated rings. The van der Waals surface area contributed by atoms with Crippen molar-refractivity contribution in [2.45, 2.75) is 39.4 Å². The van der Waals surface area contributed by atoms with Crippen molar-refractivity contribution in [1.82, 2.24) is 0 Å². The molecule has 3 nitrogen and oxygen atoms in total. The van der Waals surface area contributed by atoms with Gasteiger partial charge >= 0.3 is 0 Å². The molecule has 66 valence electrons. The summed E-state index contributed by atoms with van der Waals surface area (Å²) in [7, 11) is 0. The second kappa shape index (κ2) is 6.16. The van der Waals surface area contributed by atoms with E-state index in [1.807, 2.05) is 20.8 Å². The number of ether oxygens (including phenoxy) is 2. The van der Waals surface area contributed by atoms with Crippen LogP contribution >= 0.6 is 0 Å². The lowest BCUT2D eigenvalue weighted by Crippen LogP contribution is -2.16. The Balaban J connectivity index is 3.21. The topological polar surface area (TPSA) is 35.5 Å². The monoisotopic (exact) mass is 160 g/mol. The summed E-state index contributed by atoms with van der Waals surface area (Å²) >= 11 is 0. The zero-order valence-electron chi connectivity index (χ0n) is 7.37. The van der Waals surface area contributed by atoms with Gasteiger partial charge in [-0.25, -0.2) is 0 Å². The van der Waals surface area contributed by atoms with E-state index in [4.69, 9.17) is 4.74 Å². The SMILES string of the molecule is CC(C)OC(C)CCOC=O. The minimum absolute atomic E-state index is 0.162. The van der Waals surface area contributed by atoms with E-state index in [0.717, 1.165) is 6.42 Å². The van der Waals surface area contributed by atoms with Crippen LogP contribution in [0.3, 0.4) is 0 Å². The molecule has 0 amide bonds. The summed E-state index contributed by atoms with van der Waals surface area (Å²) in [5, 5.41) is 0. The predicted octanol–water partition coefficient (Wildman–Crippen LogP) is 1.36. The van der Waals surface area contributed by atoms with Crippen molar-refractivity contribution in [2.24, 2.45) is 0 Å². The van der Waals surface area contributed by atoms with E-state index >= 15 is 0 Å². The zero-order valence-corrected chi connectivity index (χ0v) is 7.37. The maximum absolute atomic E-state index is 9.75. The molecule has 0 saturated carbocycles. The van der Waals surface area contributed by atoms with E-state index in [1.165, 1.54) is 0 Å². The Hall–Kier alpha value is -0.570. The third kappa shape index (κ3) is 7.33. The van der Waals surface area contributed by atoms with Gasteiger partial charge in [-0.05, 0) is 20.8 Å². The lowest BCUT2D eigenvalue weighted by atomic mass is 10.3. The van der Waals surface area contributed by atoms with Gasteiger partial charge in [-0.15, -0.1) is 0 Å².